The SMILES string of the molecule is COCC1=CCN(C(=O)CCCCBr)CC1. The van der Waals surface area contributed by atoms with Crippen LogP contribution in [0.5, 0.6) is 0 Å². The lowest BCUT2D eigenvalue weighted by atomic mass is 10.1. The van der Waals surface area contributed by atoms with Gasteiger partial charge in [-0.3, -0.25) is 4.79 Å². The average molecular weight is 290 g/mol. The fourth-order valence-electron chi connectivity index (χ4n) is 1.78. The van der Waals surface area contributed by atoms with Gasteiger partial charge in [0, 0.05) is 32.0 Å². The Bertz CT molecular complexity index is 253. The van der Waals surface area contributed by atoms with E-state index in [1.165, 1.54) is 5.57 Å². The minimum absolute atomic E-state index is 0.286. The number of methoxy groups -OCH3 is 1. The summed E-state index contributed by atoms with van der Waals surface area (Å²) in [4.78, 5) is 13.7. The van der Waals surface area contributed by atoms with Crippen molar-refractivity contribution in [2.24, 2.45) is 0 Å². The van der Waals surface area contributed by atoms with Gasteiger partial charge in [-0.25, -0.2) is 0 Å². The van der Waals surface area contributed by atoms with Crippen molar-refractivity contribution in [1.82, 2.24) is 4.90 Å². The van der Waals surface area contributed by atoms with Crippen molar-refractivity contribution in [2.45, 2.75) is 25.7 Å². The second kappa shape index (κ2) is 7.85. The van der Waals surface area contributed by atoms with Crippen LogP contribution in [0.3, 0.4) is 0 Å². The van der Waals surface area contributed by atoms with Crippen LogP contribution in [0.4, 0.5) is 0 Å². The number of carbonyl (C=O) groups is 1. The molecule has 1 heterocycles. The molecule has 4 heteroatoms. The van der Waals surface area contributed by atoms with Crippen LogP contribution in [-0.2, 0) is 9.53 Å². The molecule has 0 saturated carbocycles. The summed E-state index contributed by atoms with van der Waals surface area (Å²) < 4.78 is 5.08. The maximum Gasteiger partial charge on any atom is 0.222 e. The Hall–Kier alpha value is -0.350. The molecule has 0 aromatic rings. The second-order valence-corrected chi connectivity index (χ2v) is 4.82. The van der Waals surface area contributed by atoms with Crippen LogP contribution < -0.4 is 0 Å². The molecule has 3 nitrogen and oxygen atoms in total. The number of rotatable bonds is 6. The highest BCUT2D eigenvalue weighted by Crippen LogP contribution is 2.12. The number of carbonyl (C=O) groups excluding carboxylic acids is 1. The molecule has 0 aliphatic carbocycles. The zero-order valence-electron chi connectivity index (χ0n) is 9.88. The fraction of sp³-hybridized carbons (Fsp3) is 0.750. The van der Waals surface area contributed by atoms with Crippen LogP contribution in [-0.4, -0.2) is 42.9 Å². The lowest BCUT2D eigenvalue weighted by Crippen LogP contribution is -2.35. The molecule has 1 rings (SSSR count). The smallest absolute Gasteiger partial charge is 0.222 e. The second-order valence-electron chi connectivity index (χ2n) is 4.03. The first-order chi connectivity index (χ1) is 7.77. The van der Waals surface area contributed by atoms with Crippen molar-refractivity contribution in [1.29, 1.82) is 0 Å². The number of amides is 1. The highest BCUT2D eigenvalue weighted by molar-refractivity contribution is 9.09. The number of halogens is 1. The van der Waals surface area contributed by atoms with Gasteiger partial charge >= 0.3 is 0 Å². The summed E-state index contributed by atoms with van der Waals surface area (Å²) in [5, 5.41) is 0.984. The summed E-state index contributed by atoms with van der Waals surface area (Å²) in [5.41, 5.74) is 1.31. The molecule has 0 aromatic heterocycles. The summed E-state index contributed by atoms with van der Waals surface area (Å²) in [6.07, 6.45) is 5.81. The van der Waals surface area contributed by atoms with Gasteiger partial charge in [-0.15, -0.1) is 0 Å². The molecular formula is C12H20BrNO2. The van der Waals surface area contributed by atoms with E-state index in [-0.39, 0.29) is 5.91 Å². The fourth-order valence-corrected chi connectivity index (χ4v) is 2.18. The van der Waals surface area contributed by atoms with Gasteiger partial charge in [-0.05, 0) is 24.8 Å². The number of nitrogens with zero attached hydrogens (tertiary/aromatic N) is 1. The quantitative estimate of drug-likeness (QED) is 0.427. The maximum atomic E-state index is 11.8. The van der Waals surface area contributed by atoms with E-state index in [4.69, 9.17) is 4.74 Å². The molecule has 0 saturated heterocycles. The molecule has 16 heavy (non-hydrogen) atoms. The largest absolute Gasteiger partial charge is 0.380 e. The van der Waals surface area contributed by atoms with Crippen molar-refractivity contribution < 1.29 is 9.53 Å². The number of alkyl halides is 1. The molecule has 0 spiro atoms. The summed E-state index contributed by atoms with van der Waals surface area (Å²) in [6, 6.07) is 0. The Labute approximate surface area is 106 Å². The lowest BCUT2D eigenvalue weighted by Gasteiger charge is -2.26. The zero-order valence-corrected chi connectivity index (χ0v) is 11.5. The third kappa shape index (κ3) is 4.66. The van der Waals surface area contributed by atoms with E-state index in [0.29, 0.717) is 13.0 Å². The van der Waals surface area contributed by atoms with Gasteiger partial charge in [-0.1, -0.05) is 22.0 Å². The Morgan fingerprint density at radius 3 is 2.94 bits per heavy atom. The molecule has 0 atom stereocenters. The van der Waals surface area contributed by atoms with Crippen molar-refractivity contribution in [3.05, 3.63) is 11.6 Å². The summed E-state index contributed by atoms with van der Waals surface area (Å²) in [7, 11) is 1.71. The molecule has 0 bridgehead atoms. The molecule has 0 unspecified atom stereocenters. The van der Waals surface area contributed by atoms with Crippen molar-refractivity contribution in [3.8, 4) is 0 Å². The van der Waals surface area contributed by atoms with E-state index in [1.54, 1.807) is 7.11 Å². The molecule has 0 N–H and O–H groups in total. The summed E-state index contributed by atoms with van der Waals surface area (Å²) in [6.45, 7) is 2.31. The monoisotopic (exact) mass is 289 g/mol. The van der Waals surface area contributed by atoms with Crippen LogP contribution in [0.15, 0.2) is 11.6 Å². The first kappa shape index (κ1) is 13.7. The van der Waals surface area contributed by atoms with Gasteiger partial charge in [0.1, 0.15) is 0 Å². The van der Waals surface area contributed by atoms with E-state index in [1.807, 2.05) is 4.90 Å². The van der Waals surface area contributed by atoms with Crippen LogP contribution in [0.2, 0.25) is 0 Å². The average Bonchev–Trinajstić information content (AvgIpc) is 2.30. The van der Waals surface area contributed by atoms with Crippen molar-refractivity contribution >= 4 is 21.8 Å². The standard InChI is InChI=1S/C12H20BrNO2/c1-16-10-11-5-8-14(9-6-11)12(15)4-2-3-7-13/h5H,2-4,6-10H2,1H3. The topological polar surface area (TPSA) is 29.5 Å². The number of unbranched alkanes of at least 4 members (excludes halogenated alkanes) is 1. The third-order valence-corrected chi connectivity index (χ3v) is 3.32. The highest BCUT2D eigenvalue weighted by atomic mass is 79.9. The van der Waals surface area contributed by atoms with Gasteiger partial charge in [0.25, 0.3) is 0 Å². The van der Waals surface area contributed by atoms with E-state index >= 15 is 0 Å². The van der Waals surface area contributed by atoms with Crippen LogP contribution in [0.25, 0.3) is 0 Å². The Balaban J connectivity index is 2.27. The summed E-state index contributed by atoms with van der Waals surface area (Å²) in [5.74, 6) is 0.286. The normalized spacial score (nSPS) is 16.1. The number of ether oxygens (including phenoxy) is 1. The molecular weight excluding hydrogens is 270 g/mol. The first-order valence-corrected chi connectivity index (χ1v) is 6.90. The Morgan fingerprint density at radius 2 is 2.38 bits per heavy atom. The number of hydrogen-bond acceptors (Lipinski definition) is 2. The van der Waals surface area contributed by atoms with E-state index in [2.05, 4.69) is 22.0 Å². The van der Waals surface area contributed by atoms with Crippen LogP contribution in [0, 0.1) is 0 Å². The van der Waals surface area contributed by atoms with Gasteiger partial charge in [0.15, 0.2) is 0 Å². The van der Waals surface area contributed by atoms with E-state index < -0.39 is 0 Å². The van der Waals surface area contributed by atoms with Crippen molar-refractivity contribution in [2.75, 3.05) is 32.1 Å². The van der Waals surface area contributed by atoms with Gasteiger partial charge in [0.2, 0.25) is 5.91 Å². The minimum Gasteiger partial charge on any atom is -0.380 e. The predicted molar refractivity (Wildman–Crippen MR) is 68.8 cm³/mol. The third-order valence-electron chi connectivity index (χ3n) is 2.76. The van der Waals surface area contributed by atoms with Gasteiger partial charge in [-0.2, -0.15) is 0 Å². The molecule has 0 fully saturated rings. The zero-order chi connectivity index (χ0) is 11.8. The predicted octanol–water partition coefficient (Wildman–Crippen LogP) is 2.36. The van der Waals surface area contributed by atoms with Gasteiger partial charge in [0.05, 0.1) is 6.61 Å². The van der Waals surface area contributed by atoms with Crippen LogP contribution >= 0.6 is 15.9 Å². The Morgan fingerprint density at radius 1 is 1.56 bits per heavy atom. The van der Waals surface area contributed by atoms with E-state index in [0.717, 1.165) is 37.7 Å². The maximum absolute atomic E-state index is 11.8. The molecule has 0 radical (unpaired) electrons. The number of hydrogen-bond donors (Lipinski definition) is 0. The van der Waals surface area contributed by atoms with Gasteiger partial charge < -0.3 is 9.64 Å². The molecule has 1 aliphatic rings. The van der Waals surface area contributed by atoms with E-state index in [9.17, 15) is 4.79 Å². The molecule has 92 valence electrons. The molecule has 1 aliphatic heterocycles. The van der Waals surface area contributed by atoms with Crippen LogP contribution in [0.1, 0.15) is 25.7 Å². The molecule has 0 aromatic carbocycles. The minimum atomic E-state index is 0.286. The van der Waals surface area contributed by atoms with Crippen molar-refractivity contribution in [3.63, 3.8) is 0 Å². The lowest BCUT2D eigenvalue weighted by molar-refractivity contribution is -0.131. The summed E-state index contributed by atoms with van der Waals surface area (Å²) >= 11 is 3.37. The first-order valence-electron chi connectivity index (χ1n) is 5.78. The Kier molecular flexibility index (Phi) is 6.73. The molecule has 1 amide bonds. The highest BCUT2D eigenvalue weighted by Gasteiger charge is 2.16.